The van der Waals surface area contributed by atoms with Crippen LogP contribution in [0.15, 0.2) is 107 Å². The number of sulfone groups is 1. The first-order chi connectivity index (χ1) is 16.3. The fourth-order valence-corrected chi connectivity index (χ4v) is 5.06. The van der Waals surface area contributed by atoms with E-state index in [0.29, 0.717) is 0 Å². The van der Waals surface area contributed by atoms with E-state index >= 15 is 0 Å². The van der Waals surface area contributed by atoms with Crippen LogP contribution < -0.4 is 4.74 Å². The van der Waals surface area contributed by atoms with Crippen molar-refractivity contribution in [3.8, 4) is 16.9 Å². The van der Waals surface area contributed by atoms with Crippen LogP contribution in [0.5, 0.6) is 5.75 Å². The summed E-state index contributed by atoms with van der Waals surface area (Å²) in [6.07, 6.45) is 0. The van der Waals surface area contributed by atoms with Gasteiger partial charge in [-0.05, 0) is 48.4 Å². The van der Waals surface area contributed by atoms with Gasteiger partial charge in [0.2, 0.25) is 9.84 Å². The van der Waals surface area contributed by atoms with Gasteiger partial charge in [0, 0.05) is 6.07 Å². The van der Waals surface area contributed by atoms with Crippen molar-refractivity contribution in [2.24, 2.45) is 0 Å². The summed E-state index contributed by atoms with van der Waals surface area (Å²) in [7, 11) is -4.37. The van der Waals surface area contributed by atoms with Crippen molar-refractivity contribution in [3.05, 3.63) is 118 Å². The number of carbonyl (C=O) groups excluding carboxylic acids is 1. The van der Waals surface area contributed by atoms with Gasteiger partial charge in [0.05, 0.1) is 15.4 Å². The second-order valence-corrected chi connectivity index (χ2v) is 9.39. The van der Waals surface area contributed by atoms with E-state index in [1.165, 1.54) is 36.4 Å². The van der Waals surface area contributed by atoms with E-state index in [1.807, 2.05) is 31.2 Å². The van der Waals surface area contributed by atoms with E-state index in [4.69, 9.17) is 4.74 Å². The average molecular weight is 474 g/mol. The van der Waals surface area contributed by atoms with Gasteiger partial charge in [-0.3, -0.25) is 10.1 Å². The minimum Gasteiger partial charge on any atom is -0.423 e. The number of hydrogen-bond donors (Lipinski definition) is 0. The molecular weight excluding hydrogens is 454 g/mol. The largest absolute Gasteiger partial charge is 0.423 e. The van der Waals surface area contributed by atoms with Crippen LogP contribution in [0, 0.1) is 17.0 Å². The summed E-state index contributed by atoms with van der Waals surface area (Å²) < 4.78 is 31.9. The Morgan fingerprint density at radius 2 is 1.29 bits per heavy atom. The third-order valence-corrected chi connectivity index (χ3v) is 7.06. The van der Waals surface area contributed by atoms with Gasteiger partial charge in [0.15, 0.2) is 0 Å². The third-order valence-electron chi connectivity index (χ3n) is 5.20. The minimum absolute atomic E-state index is 0.219. The number of ether oxygens (including phenoxy) is 1. The van der Waals surface area contributed by atoms with Crippen LogP contribution in [0.4, 0.5) is 5.69 Å². The molecule has 0 aliphatic heterocycles. The number of carbonyl (C=O) groups is 1. The standard InChI is InChI=1S/C26H19NO6S/c1-18-10-12-19(13-11-18)20-14-16-21(17-15-20)33-26(28)22-6-2-4-8-24(22)34(31,32)25-9-5-3-7-23(25)27(29)30/h2-17H,1H3. The van der Waals surface area contributed by atoms with Gasteiger partial charge in [0.1, 0.15) is 10.6 Å². The Kier molecular flexibility index (Phi) is 6.25. The number of hydrogen-bond acceptors (Lipinski definition) is 6. The maximum absolute atomic E-state index is 13.3. The molecule has 34 heavy (non-hydrogen) atoms. The number of rotatable bonds is 6. The summed E-state index contributed by atoms with van der Waals surface area (Å²) in [4.78, 5) is 22.6. The Hall–Kier alpha value is -4.30. The monoisotopic (exact) mass is 473 g/mol. The van der Waals surface area contributed by atoms with Crippen LogP contribution >= 0.6 is 0 Å². The smallest absolute Gasteiger partial charge is 0.344 e. The second kappa shape index (κ2) is 9.29. The molecule has 0 radical (unpaired) electrons. The number of para-hydroxylation sites is 1. The van der Waals surface area contributed by atoms with Crippen molar-refractivity contribution >= 4 is 21.5 Å². The lowest BCUT2D eigenvalue weighted by Gasteiger charge is -2.11. The zero-order valence-corrected chi connectivity index (χ0v) is 18.9. The normalized spacial score (nSPS) is 11.1. The molecular formula is C26H19NO6S. The summed E-state index contributed by atoms with van der Waals surface area (Å²) >= 11 is 0. The Bertz CT molecular complexity index is 1480. The molecule has 0 heterocycles. The molecule has 0 spiro atoms. The van der Waals surface area contributed by atoms with E-state index in [0.717, 1.165) is 28.8 Å². The minimum atomic E-state index is -4.37. The molecule has 0 atom stereocenters. The van der Waals surface area contributed by atoms with Gasteiger partial charge in [-0.25, -0.2) is 13.2 Å². The zero-order chi connectivity index (χ0) is 24.3. The maximum Gasteiger partial charge on any atom is 0.344 e. The van der Waals surface area contributed by atoms with Gasteiger partial charge >= 0.3 is 5.97 Å². The first-order valence-corrected chi connectivity index (χ1v) is 11.7. The van der Waals surface area contributed by atoms with Gasteiger partial charge in [-0.15, -0.1) is 0 Å². The Balaban J connectivity index is 1.64. The van der Waals surface area contributed by atoms with Crippen molar-refractivity contribution in [3.63, 3.8) is 0 Å². The van der Waals surface area contributed by atoms with Crippen LogP contribution in [0.1, 0.15) is 15.9 Å². The molecule has 170 valence electrons. The molecule has 0 saturated heterocycles. The lowest BCUT2D eigenvalue weighted by Crippen LogP contribution is -2.15. The molecule has 0 saturated carbocycles. The number of benzene rings is 4. The van der Waals surface area contributed by atoms with Crippen molar-refractivity contribution in [2.75, 3.05) is 0 Å². The van der Waals surface area contributed by atoms with Crippen LogP contribution in [-0.2, 0) is 9.84 Å². The third kappa shape index (κ3) is 4.57. The second-order valence-electron chi connectivity index (χ2n) is 7.50. The highest BCUT2D eigenvalue weighted by molar-refractivity contribution is 7.91. The van der Waals surface area contributed by atoms with E-state index in [2.05, 4.69) is 0 Å². The number of nitro benzene ring substituents is 1. The lowest BCUT2D eigenvalue weighted by atomic mass is 10.0. The Morgan fingerprint density at radius 1 is 0.765 bits per heavy atom. The van der Waals surface area contributed by atoms with E-state index < -0.39 is 31.3 Å². The molecule has 0 unspecified atom stereocenters. The quantitative estimate of drug-likeness (QED) is 0.156. The molecule has 4 aromatic rings. The average Bonchev–Trinajstić information content (AvgIpc) is 2.85. The number of aryl methyl sites for hydroxylation is 1. The molecule has 4 rings (SSSR count). The summed E-state index contributed by atoms with van der Waals surface area (Å²) in [5.74, 6) is -0.653. The van der Waals surface area contributed by atoms with E-state index in [9.17, 15) is 23.3 Å². The van der Waals surface area contributed by atoms with Crippen LogP contribution in [0.2, 0.25) is 0 Å². The van der Waals surface area contributed by atoms with Crippen molar-refractivity contribution < 1.29 is 22.9 Å². The lowest BCUT2D eigenvalue weighted by molar-refractivity contribution is -0.387. The summed E-state index contributed by atoms with van der Waals surface area (Å²) in [5, 5.41) is 11.4. The first-order valence-electron chi connectivity index (χ1n) is 10.2. The SMILES string of the molecule is Cc1ccc(-c2ccc(OC(=O)c3ccccc3S(=O)(=O)c3ccccc3[N+](=O)[O-])cc2)cc1. The molecule has 0 fully saturated rings. The number of nitrogens with zero attached hydrogens (tertiary/aromatic N) is 1. The van der Waals surface area contributed by atoms with Gasteiger partial charge in [0.25, 0.3) is 5.69 Å². The van der Waals surface area contributed by atoms with Gasteiger partial charge in [-0.2, -0.15) is 0 Å². The predicted octanol–water partition coefficient (Wildman–Crippen LogP) is 5.62. The van der Waals surface area contributed by atoms with Crippen molar-refractivity contribution in [1.29, 1.82) is 0 Å². The fraction of sp³-hybridized carbons (Fsp3) is 0.0385. The highest BCUT2D eigenvalue weighted by atomic mass is 32.2. The maximum atomic E-state index is 13.3. The van der Waals surface area contributed by atoms with Gasteiger partial charge < -0.3 is 4.74 Å². The molecule has 0 amide bonds. The molecule has 0 aliphatic rings. The number of nitro groups is 1. The summed E-state index contributed by atoms with van der Waals surface area (Å²) in [6.45, 7) is 2.00. The fourth-order valence-electron chi connectivity index (χ4n) is 3.45. The first kappa shape index (κ1) is 22.9. The molecule has 7 nitrogen and oxygen atoms in total. The van der Waals surface area contributed by atoms with E-state index in [1.54, 1.807) is 24.3 Å². The van der Waals surface area contributed by atoms with Crippen LogP contribution in [0.25, 0.3) is 11.1 Å². The zero-order valence-electron chi connectivity index (χ0n) is 18.0. The topological polar surface area (TPSA) is 104 Å². The van der Waals surface area contributed by atoms with E-state index in [-0.39, 0.29) is 16.2 Å². The van der Waals surface area contributed by atoms with Crippen LogP contribution in [0.3, 0.4) is 0 Å². The highest BCUT2D eigenvalue weighted by Gasteiger charge is 2.31. The molecule has 0 bridgehead atoms. The summed E-state index contributed by atoms with van der Waals surface area (Å²) in [5.41, 5.74) is 2.29. The molecule has 0 N–H and O–H groups in total. The van der Waals surface area contributed by atoms with Crippen LogP contribution in [-0.4, -0.2) is 19.3 Å². The van der Waals surface area contributed by atoms with Gasteiger partial charge in [-0.1, -0.05) is 66.2 Å². The molecule has 0 aliphatic carbocycles. The Morgan fingerprint density at radius 3 is 1.91 bits per heavy atom. The van der Waals surface area contributed by atoms with Crippen molar-refractivity contribution in [1.82, 2.24) is 0 Å². The summed E-state index contributed by atoms with van der Waals surface area (Å²) in [6, 6.07) is 25.3. The Labute approximate surface area is 196 Å². The molecule has 4 aromatic carbocycles. The highest BCUT2D eigenvalue weighted by Crippen LogP contribution is 2.31. The molecule has 8 heteroatoms. The molecule has 0 aromatic heterocycles. The van der Waals surface area contributed by atoms with Crippen molar-refractivity contribution in [2.45, 2.75) is 16.7 Å². The number of esters is 1. The predicted molar refractivity (Wildman–Crippen MR) is 127 cm³/mol.